The Hall–Kier alpha value is -2.49. The molecule has 4 nitrogen and oxygen atoms in total. The number of nitrogens with zero attached hydrogens (tertiary/aromatic N) is 3. The lowest BCUT2D eigenvalue weighted by molar-refractivity contribution is 0.966. The fourth-order valence-corrected chi connectivity index (χ4v) is 2.20. The van der Waals surface area contributed by atoms with Crippen molar-refractivity contribution in [2.45, 2.75) is 13.3 Å². The number of hydrogen-bond donors (Lipinski definition) is 1. The maximum atomic E-state index is 4.49. The van der Waals surface area contributed by atoms with Crippen molar-refractivity contribution in [2.75, 3.05) is 11.9 Å². The molecular weight excluding hydrogens is 248 g/mol. The van der Waals surface area contributed by atoms with Crippen LogP contribution in [-0.2, 0) is 0 Å². The van der Waals surface area contributed by atoms with Gasteiger partial charge in [0, 0.05) is 36.1 Å². The number of benzene rings is 1. The molecule has 0 amide bonds. The molecule has 0 unspecified atom stereocenters. The van der Waals surface area contributed by atoms with Crippen molar-refractivity contribution in [2.24, 2.45) is 0 Å². The van der Waals surface area contributed by atoms with E-state index in [0.29, 0.717) is 0 Å². The van der Waals surface area contributed by atoms with Gasteiger partial charge in [0.1, 0.15) is 5.69 Å². The summed E-state index contributed by atoms with van der Waals surface area (Å²) in [5.41, 5.74) is 2.81. The molecule has 4 heteroatoms. The Morgan fingerprint density at radius 2 is 1.80 bits per heavy atom. The van der Waals surface area contributed by atoms with Crippen LogP contribution in [0.25, 0.3) is 22.2 Å². The van der Waals surface area contributed by atoms with Crippen LogP contribution in [0.15, 0.2) is 48.9 Å². The summed E-state index contributed by atoms with van der Waals surface area (Å²) < 4.78 is 0. The monoisotopic (exact) mass is 264 g/mol. The quantitative estimate of drug-likeness (QED) is 0.783. The largest absolute Gasteiger partial charge is 0.368 e. The fraction of sp³-hybridized carbons (Fsp3) is 0.188. The third-order valence-electron chi connectivity index (χ3n) is 3.13. The first kappa shape index (κ1) is 12.5. The minimum atomic E-state index is 0.813. The second-order valence-electron chi connectivity index (χ2n) is 4.56. The second-order valence-corrected chi connectivity index (χ2v) is 4.56. The van der Waals surface area contributed by atoms with E-state index in [4.69, 9.17) is 0 Å². The fourth-order valence-electron chi connectivity index (χ4n) is 2.20. The van der Waals surface area contributed by atoms with Crippen LogP contribution < -0.4 is 5.32 Å². The highest BCUT2D eigenvalue weighted by Crippen LogP contribution is 2.29. The third-order valence-corrected chi connectivity index (χ3v) is 3.13. The van der Waals surface area contributed by atoms with E-state index < -0.39 is 0 Å². The first-order chi connectivity index (χ1) is 9.90. The molecule has 1 N–H and O–H groups in total. The molecule has 0 aliphatic heterocycles. The molecule has 0 radical (unpaired) electrons. The van der Waals surface area contributed by atoms with E-state index in [1.165, 1.54) is 0 Å². The van der Waals surface area contributed by atoms with Gasteiger partial charge >= 0.3 is 0 Å². The Morgan fingerprint density at radius 1 is 0.950 bits per heavy atom. The minimum absolute atomic E-state index is 0.813. The predicted molar refractivity (Wildman–Crippen MR) is 81.5 cm³/mol. The van der Waals surface area contributed by atoms with Crippen molar-refractivity contribution in [1.29, 1.82) is 0 Å². The van der Waals surface area contributed by atoms with Gasteiger partial charge in [-0.2, -0.15) is 0 Å². The lowest BCUT2D eigenvalue weighted by Crippen LogP contribution is -2.04. The molecule has 0 saturated carbocycles. The number of para-hydroxylation sites is 1. The minimum Gasteiger partial charge on any atom is -0.368 e. The number of aromatic nitrogens is 3. The standard InChI is InChI=1S/C16H16N4/c1-2-8-19-16-15(18-10-11-20-16)13-7-3-5-12-6-4-9-17-14(12)13/h3-7,9-11H,2,8H2,1H3,(H,19,20). The summed E-state index contributed by atoms with van der Waals surface area (Å²) in [6.45, 7) is 3.01. The zero-order chi connectivity index (χ0) is 13.8. The molecule has 3 rings (SSSR count). The Balaban J connectivity index is 2.16. The predicted octanol–water partition coefficient (Wildman–Crippen LogP) is 3.51. The number of nitrogens with one attached hydrogen (secondary N) is 1. The molecule has 100 valence electrons. The van der Waals surface area contributed by atoms with E-state index in [0.717, 1.165) is 40.9 Å². The van der Waals surface area contributed by atoms with Gasteiger partial charge in [-0.1, -0.05) is 31.2 Å². The van der Waals surface area contributed by atoms with Crippen LogP contribution in [0.1, 0.15) is 13.3 Å². The van der Waals surface area contributed by atoms with Gasteiger partial charge in [0.15, 0.2) is 5.82 Å². The van der Waals surface area contributed by atoms with Gasteiger partial charge in [-0.25, -0.2) is 4.98 Å². The second kappa shape index (κ2) is 5.65. The highest BCUT2D eigenvalue weighted by atomic mass is 15.0. The molecule has 2 aromatic heterocycles. The van der Waals surface area contributed by atoms with Crippen molar-refractivity contribution >= 4 is 16.7 Å². The molecule has 0 bridgehead atoms. The molecule has 0 aliphatic carbocycles. The smallest absolute Gasteiger partial charge is 0.152 e. The topological polar surface area (TPSA) is 50.7 Å². The maximum absolute atomic E-state index is 4.49. The molecule has 0 aliphatic rings. The number of hydrogen-bond acceptors (Lipinski definition) is 4. The first-order valence-corrected chi connectivity index (χ1v) is 6.79. The highest BCUT2D eigenvalue weighted by molar-refractivity contribution is 5.94. The molecule has 0 spiro atoms. The molecule has 0 saturated heterocycles. The average Bonchev–Trinajstić information content (AvgIpc) is 2.53. The Kier molecular flexibility index (Phi) is 3.54. The van der Waals surface area contributed by atoms with Crippen molar-refractivity contribution in [1.82, 2.24) is 15.0 Å². The molecule has 2 heterocycles. The average molecular weight is 264 g/mol. The van der Waals surface area contributed by atoms with Crippen molar-refractivity contribution in [3.05, 3.63) is 48.9 Å². The van der Waals surface area contributed by atoms with Crippen LogP contribution >= 0.6 is 0 Å². The normalized spacial score (nSPS) is 10.7. The van der Waals surface area contributed by atoms with E-state index in [1.54, 1.807) is 18.6 Å². The molecule has 3 aromatic rings. The summed E-state index contributed by atoms with van der Waals surface area (Å²) in [4.78, 5) is 13.4. The summed E-state index contributed by atoms with van der Waals surface area (Å²) >= 11 is 0. The number of pyridine rings is 1. The lowest BCUT2D eigenvalue weighted by Gasteiger charge is -2.10. The molecule has 0 atom stereocenters. The van der Waals surface area contributed by atoms with Gasteiger partial charge < -0.3 is 5.32 Å². The summed E-state index contributed by atoms with van der Waals surface area (Å²) in [6, 6.07) is 10.1. The van der Waals surface area contributed by atoms with Crippen LogP contribution in [-0.4, -0.2) is 21.5 Å². The molecule has 0 fully saturated rings. The van der Waals surface area contributed by atoms with Gasteiger partial charge in [0.05, 0.1) is 5.52 Å². The Labute approximate surface area is 117 Å². The summed E-state index contributed by atoms with van der Waals surface area (Å²) in [7, 11) is 0. The van der Waals surface area contributed by atoms with Gasteiger partial charge in [-0.05, 0) is 12.5 Å². The summed E-state index contributed by atoms with van der Waals surface area (Å²) in [6.07, 6.45) is 6.28. The maximum Gasteiger partial charge on any atom is 0.152 e. The SMILES string of the molecule is CCCNc1nccnc1-c1cccc2cccnc12. The van der Waals surface area contributed by atoms with Crippen LogP contribution in [0, 0.1) is 0 Å². The van der Waals surface area contributed by atoms with Crippen LogP contribution in [0.4, 0.5) is 5.82 Å². The zero-order valence-electron chi connectivity index (χ0n) is 11.4. The Bertz CT molecular complexity index is 719. The van der Waals surface area contributed by atoms with Crippen molar-refractivity contribution in [3.63, 3.8) is 0 Å². The van der Waals surface area contributed by atoms with E-state index in [9.17, 15) is 0 Å². The lowest BCUT2D eigenvalue weighted by atomic mass is 10.1. The molecular formula is C16H16N4. The van der Waals surface area contributed by atoms with Crippen molar-refractivity contribution < 1.29 is 0 Å². The summed E-state index contributed by atoms with van der Waals surface area (Å²) in [5, 5.41) is 4.43. The zero-order valence-corrected chi connectivity index (χ0v) is 11.4. The number of rotatable bonds is 4. The molecule has 20 heavy (non-hydrogen) atoms. The number of fused-ring (bicyclic) bond motifs is 1. The van der Waals surface area contributed by atoms with E-state index in [1.807, 2.05) is 18.2 Å². The van der Waals surface area contributed by atoms with E-state index >= 15 is 0 Å². The van der Waals surface area contributed by atoms with Crippen LogP contribution in [0.5, 0.6) is 0 Å². The number of anilines is 1. The van der Waals surface area contributed by atoms with Gasteiger partial charge in [-0.3, -0.25) is 9.97 Å². The summed E-state index contributed by atoms with van der Waals surface area (Å²) in [5.74, 6) is 0.813. The highest BCUT2D eigenvalue weighted by Gasteiger charge is 2.11. The van der Waals surface area contributed by atoms with Gasteiger partial charge in [0.2, 0.25) is 0 Å². The van der Waals surface area contributed by atoms with Crippen LogP contribution in [0.2, 0.25) is 0 Å². The molecule has 1 aromatic carbocycles. The Morgan fingerprint density at radius 3 is 2.70 bits per heavy atom. The van der Waals surface area contributed by atoms with E-state index in [-0.39, 0.29) is 0 Å². The third kappa shape index (κ3) is 2.32. The van der Waals surface area contributed by atoms with Crippen molar-refractivity contribution in [3.8, 4) is 11.3 Å². The first-order valence-electron chi connectivity index (χ1n) is 6.79. The van der Waals surface area contributed by atoms with E-state index in [2.05, 4.69) is 39.3 Å². The van der Waals surface area contributed by atoms with Crippen LogP contribution in [0.3, 0.4) is 0 Å². The van der Waals surface area contributed by atoms with Gasteiger partial charge in [0.25, 0.3) is 0 Å². The van der Waals surface area contributed by atoms with Gasteiger partial charge in [-0.15, -0.1) is 0 Å².